The van der Waals surface area contributed by atoms with Gasteiger partial charge < -0.3 is 20.1 Å². The number of rotatable bonds is 4. The molecule has 5 heteroatoms. The molecule has 1 aromatic rings. The van der Waals surface area contributed by atoms with Crippen LogP contribution >= 0.6 is 0 Å². The van der Waals surface area contributed by atoms with Crippen LogP contribution in [0.25, 0.3) is 0 Å². The summed E-state index contributed by atoms with van der Waals surface area (Å²) < 4.78 is 5.17. The molecule has 0 aliphatic rings. The third-order valence-electron chi connectivity index (χ3n) is 2.21. The van der Waals surface area contributed by atoms with Gasteiger partial charge in [0.1, 0.15) is 11.9 Å². The molecule has 0 aromatic heterocycles. The normalized spacial score (nSPS) is 14.4. The Morgan fingerprint density at radius 2 is 1.79 bits per heavy atom. The van der Waals surface area contributed by atoms with Crippen LogP contribution in [0.3, 0.4) is 0 Å². The van der Waals surface area contributed by atoms with E-state index < -0.39 is 17.9 Å². The van der Waals surface area contributed by atoms with E-state index in [0.29, 0.717) is 5.75 Å². The van der Waals surface area contributed by atoms with Gasteiger partial charge >= 0.3 is 5.97 Å². The lowest BCUT2D eigenvalue weighted by Gasteiger charge is -2.27. The second-order valence-electron chi connectivity index (χ2n) is 4.23. The Hall–Kier alpha value is -1.85. The summed E-state index contributed by atoms with van der Waals surface area (Å²) in [6, 6.07) is 8.89. The van der Waals surface area contributed by atoms with Crippen molar-refractivity contribution in [3.05, 3.63) is 42.5 Å². The minimum absolute atomic E-state index is 0.176. The van der Waals surface area contributed by atoms with E-state index in [-0.39, 0.29) is 5.57 Å². The quantitative estimate of drug-likeness (QED) is 0.572. The van der Waals surface area contributed by atoms with Crippen molar-refractivity contribution in [1.29, 1.82) is 0 Å². The van der Waals surface area contributed by atoms with Gasteiger partial charge in [0.15, 0.2) is 0 Å². The number of carboxylic acid groups (broad SMARTS) is 1. The molecule has 0 radical (unpaired) electrons. The average molecular weight is 268 g/mol. The molecular weight excluding hydrogens is 248 g/mol. The molecule has 2 atom stereocenters. The first-order valence-electron chi connectivity index (χ1n) is 5.70. The lowest BCUT2D eigenvalue weighted by molar-refractivity contribution is -0.186. The zero-order valence-corrected chi connectivity index (χ0v) is 11.3. The van der Waals surface area contributed by atoms with Crippen LogP contribution < -0.4 is 4.74 Å². The molecule has 19 heavy (non-hydrogen) atoms. The average Bonchev–Trinajstić information content (AvgIpc) is 2.30. The number of aliphatic hydroxyl groups is 2. The molecule has 1 rings (SSSR count). The second-order valence-corrected chi connectivity index (χ2v) is 4.23. The van der Waals surface area contributed by atoms with E-state index >= 15 is 0 Å². The number of carbonyl (C=O) groups is 1. The summed E-state index contributed by atoms with van der Waals surface area (Å²) in [6.07, 6.45) is -0.937. The van der Waals surface area contributed by atoms with Gasteiger partial charge in [-0.3, -0.25) is 0 Å². The van der Waals surface area contributed by atoms with Crippen LogP contribution in [-0.2, 0) is 4.79 Å². The Bertz CT molecular complexity index is 397. The van der Waals surface area contributed by atoms with Crippen molar-refractivity contribution in [3.63, 3.8) is 0 Å². The highest BCUT2D eigenvalue weighted by atomic mass is 16.6. The second kappa shape index (κ2) is 7.56. The molecule has 2 unspecified atom stereocenters. The maximum atomic E-state index is 9.60. The highest BCUT2D eigenvalue weighted by Gasteiger charge is 2.28. The molecule has 1 aromatic carbocycles. The van der Waals surface area contributed by atoms with E-state index in [1.165, 1.54) is 20.8 Å². The molecule has 0 saturated heterocycles. The van der Waals surface area contributed by atoms with E-state index in [2.05, 4.69) is 6.58 Å². The molecular formula is C14H20O5. The number of para-hydroxylation sites is 1. The molecule has 0 saturated carbocycles. The number of ether oxygens (including phenoxy) is 1. The maximum Gasteiger partial charge on any atom is 0.330 e. The van der Waals surface area contributed by atoms with Gasteiger partial charge in [-0.05, 0) is 26.0 Å². The standard InChI is InChI=1S/C10H14O3.C4H6O2/c1-8(11)10(2,12)13-9-6-4-3-5-7-9;1-3(2)4(5)6/h3-8,11-12H,1-2H3;1H2,2H3,(H,5,6). The van der Waals surface area contributed by atoms with Gasteiger partial charge in [0.25, 0.3) is 0 Å². The van der Waals surface area contributed by atoms with Crippen LogP contribution in [0.2, 0.25) is 0 Å². The van der Waals surface area contributed by atoms with Crippen LogP contribution in [0.1, 0.15) is 20.8 Å². The highest BCUT2D eigenvalue weighted by Crippen LogP contribution is 2.18. The summed E-state index contributed by atoms with van der Waals surface area (Å²) in [5.41, 5.74) is 0.176. The summed E-state index contributed by atoms with van der Waals surface area (Å²) in [5.74, 6) is -1.94. The van der Waals surface area contributed by atoms with Crippen molar-refractivity contribution in [1.82, 2.24) is 0 Å². The van der Waals surface area contributed by atoms with Gasteiger partial charge in [-0.15, -0.1) is 0 Å². The summed E-state index contributed by atoms with van der Waals surface area (Å²) in [6.45, 7) is 7.50. The molecule has 5 nitrogen and oxygen atoms in total. The number of carboxylic acids is 1. The van der Waals surface area contributed by atoms with Gasteiger partial charge in [-0.2, -0.15) is 0 Å². The topological polar surface area (TPSA) is 87.0 Å². The summed E-state index contributed by atoms with van der Waals surface area (Å²) in [7, 11) is 0. The minimum Gasteiger partial charge on any atom is -0.478 e. The number of hydrogen-bond acceptors (Lipinski definition) is 4. The fourth-order valence-electron chi connectivity index (χ4n) is 0.812. The van der Waals surface area contributed by atoms with Gasteiger partial charge in [0, 0.05) is 12.5 Å². The van der Waals surface area contributed by atoms with Crippen LogP contribution in [0.4, 0.5) is 0 Å². The fraction of sp³-hybridized carbons (Fsp3) is 0.357. The third-order valence-corrected chi connectivity index (χ3v) is 2.21. The minimum atomic E-state index is -1.54. The first-order chi connectivity index (χ1) is 8.66. The monoisotopic (exact) mass is 268 g/mol. The van der Waals surface area contributed by atoms with Gasteiger partial charge in [-0.25, -0.2) is 4.79 Å². The number of aliphatic carboxylic acids is 1. The van der Waals surface area contributed by atoms with Crippen molar-refractivity contribution < 1.29 is 24.9 Å². The summed E-state index contributed by atoms with van der Waals surface area (Å²) in [4.78, 5) is 9.60. The van der Waals surface area contributed by atoms with Crippen molar-refractivity contribution in [3.8, 4) is 5.75 Å². The Morgan fingerprint density at radius 3 is 2.11 bits per heavy atom. The van der Waals surface area contributed by atoms with E-state index in [9.17, 15) is 9.90 Å². The fourth-order valence-corrected chi connectivity index (χ4v) is 0.812. The SMILES string of the molecule is C=C(C)C(=O)O.CC(O)C(C)(O)Oc1ccccc1. The Labute approximate surface area is 112 Å². The molecule has 0 heterocycles. The summed E-state index contributed by atoms with van der Waals surface area (Å²) >= 11 is 0. The lowest BCUT2D eigenvalue weighted by atomic mass is 10.2. The van der Waals surface area contributed by atoms with Crippen LogP contribution in [-0.4, -0.2) is 33.2 Å². The zero-order valence-electron chi connectivity index (χ0n) is 11.3. The Balaban J connectivity index is 0.000000459. The highest BCUT2D eigenvalue weighted by molar-refractivity contribution is 5.84. The van der Waals surface area contributed by atoms with Crippen LogP contribution in [0, 0.1) is 0 Å². The Kier molecular flexibility index (Phi) is 6.82. The molecule has 0 amide bonds. The molecule has 0 fully saturated rings. The lowest BCUT2D eigenvalue weighted by Crippen LogP contribution is -2.42. The largest absolute Gasteiger partial charge is 0.478 e. The zero-order chi connectivity index (χ0) is 15.1. The van der Waals surface area contributed by atoms with Crippen LogP contribution in [0.15, 0.2) is 42.5 Å². The van der Waals surface area contributed by atoms with Gasteiger partial charge in [-0.1, -0.05) is 24.8 Å². The molecule has 0 bridgehead atoms. The molecule has 3 N–H and O–H groups in total. The number of aliphatic hydroxyl groups excluding tert-OH is 1. The van der Waals surface area contributed by atoms with E-state index in [4.69, 9.17) is 14.9 Å². The van der Waals surface area contributed by atoms with Gasteiger partial charge in [0.05, 0.1) is 0 Å². The smallest absolute Gasteiger partial charge is 0.330 e. The van der Waals surface area contributed by atoms with Gasteiger partial charge in [0.2, 0.25) is 5.79 Å². The molecule has 0 aliphatic heterocycles. The Morgan fingerprint density at radius 1 is 1.37 bits per heavy atom. The first-order valence-corrected chi connectivity index (χ1v) is 5.70. The number of hydrogen-bond donors (Lipinski definition) is 3. The van der Waals surface area contributed by atoms with Crippen molar-refractivity contribution in [2.24, 2.45) is 0 Å². The summed E-state index contributed by atoms with van der Waals surface area (Å²) in [5, 5.41) is 26.6. The molecule has 0 aliphatic carbocycles. The predicted octanol–water partition coefficient (Wildman–Crippen LogP) is 1.80. The van der Waals surface area contributed by atoms with E-state index in [1.54, 1.807) is 24.3 Å². The van der Waals surface area contributed by atoms with Crippen LogP contribution in [0.5, 0.6) is 5.75 Å². The van der Waals surface area contributed by atoms with Crippen molar-refractivity contribution in [2.45, 2.75) is 32.7 Å². The van der Waals surface area contributed by atoms with Crippen molar-refractivity contribution >= 4 is 5.97 Å². The first kappa shape index (κ1) is 17.2. The third kappa shape index (κ3) is 7.23. The number of benzene rings is 1. The molecule has 106 valence electrons. The van der Waals surface area contributed by atoms with Crippen molar-refractivity contribution in [2.75, 3.05) is 0 Å². The van der Waals surface area contributed by atoms with E-state index in [1.807, 2.05) is 6.07 Å². The maximum absolute atomic E-state index is 9.60. The predicted molar refractivity (Wildman–Crippen MR) is 71.8 cm³/mol. The molecule has 0 spiro atoms. The van der Waals surface area contributed by atoms with E-state index in [0.717, 1.165) is 0 Å².